The number of aliphatic hydroxyl groups excluding tert-OH is 1. The summed E-state index contributed by atoms with van der Waals surface area (Å²) in [6.07, 6.45) is -0.858. The van der Waals surface area contributed by atoms with Gasteiger partial charge in [-0.05, 0) is 54.4 Å². The lowest BCUT2D eigenvalue weighted by Crippen LogP contribution is -2.32. The highest BCUT2D eigenvalue weighted by molar-refractivity contribution is 6.30. The van der Waals surface area contributed by atoms with Gasteiger partial charge in [0.15, 0.2) is 11.6 Å². The largest absolute Gasteiger partial charge is 0.488 e. The number of aryl methyl sites for hydroxylation is 1. The highest BCUT2D eigenvalue weighted by Crippen LogP contribution is 2.27. The Morgan fingerprint density at radius 3 is 2.53 bits per heavy atom. The number of non-ortho nitro benzene ring substituents is 1. The molecule has 0 saturated heterocycles. The second-order valence-corrected chi connectivity index (χ2v) is 8.13. The fourth-order valence-electron chi connectivity index (χ4n) is 3.39. The molecule has 0 fully saturated rings. The summed E-state index contributed by atoms with van der Waals surface area (Å²) in [5.74, 6) is -0.973. The van der Waals surface area contributed by atoms with Crippen LogP contribution in [-0.4, -0.2) is 41.2 Å². The van der Waals surface area contributed by atoms with E-state index in [2.05, 4.69) is 0 Å². The number of hydrogen-bond acceptors (Lipinski definition) is 5. The summed E-state index contributed by atoms with van der Waals surface area (Å²) in [5.41, 5.74) is 4.03. The summed E-state index contributed by atoms with van der Waals surface area (Å²) in [6.45, 7) is 2.83. The minimum Gasteiger partial charge on any atom is -0.488 e. The smallest absolute Gasteiger partial charge is 0.272 e. The van der Waals surface area contributed by atoms with E-state index in [0.717, 1.165) is 34.4 Å². The van der Waals surface area contributed by atoms with Gasteiger partial charge >= 0.3 is 0 Å². The molecule has 1 atom stereocenters. The molecule has 0 aliphatic carbocycles. The summed E-state index contributed by atoms with van der Waals surface area (Å²) in [6, 6.07) is 17.1. The van der Waals surface area contributed by atoms with Gasteiger partial charge < -0.3 is 9.84 Å². The highest BCUT2D eigenvalue weighted by Gasteiger charge is 2.14. The van der Waals surface area contributed by atoms with Crippen LogP contribution in [0.5, 0.6) is 5.75 Å². The van der Waals surface area contributed by atoms with Crippen molar-refractivity contribution in [3.63, 3.8) is 0 Å². The van der Waals surface area contributed by atoms with Crippen LogP contribution >= 0.6 is 11.6 Å². The zero-order valence-corrected chi connectivity index (χ0v) is 18.6. The van der Waals surface area contributed by atoms with Crippen molar-refractivity contribution in [2.24, 2.45) is 0 Å². The molecule has 1 unspecified atom stereocenters. The molecule has 0 bridgehead atoms. The van der Waals surface area contributed by atoms with E-state index < -0.39 is 16.8 Å². The Hall–Kier alpha value is -3.00. The van der Waals surface area contributed by atoms with Crippen molar-refractivity contribution in [1.29, 1.82) is 0 Å². The Balaban J connectivity index is 1.52. The predicted octanol–water partition coefficient (Wildman–Crippen LogP) is 5.23. The SMILES string of the molecule is Cc1ccc(Cl)cc1-c1ccc(CN(C)CC(O)COc2ccc([N+](=O)[O-])cc2F)cc1. The number of likely N-dealkylation sites (N-methyl/N-ethyl adjacent to an activating group) is 1. The van der Waals surface area contributed by atoms with E-state index in [1.807, 2.05) is 61.3 Å². The Morgan fingerprint density at radius 1 is 1.16 bits per heavy atom. The van der Waals surface area contributed by atoms with Crippen LogP contribution in [0.1, 0.15) is 11.1 Å². The Bertz CT molecular complexity index is 1090. The van der Waals surface area contributed by atoms with Gasteiger partial charge in [0.2, 0.25) is 0 Å². The van der Waals surface area contributed by atoms with E-state index in [-0.39, 0.29) is 18.0 Å². The lowest BCUT2D eigenvalue weighted by molar-refractivity contribution is -0.385. The number of benzene rings is 3. The van der Waals surface area contributed by atoms with Gasteiger partial charge in [0, 0.05) is 24.2 Å². The van der Waals surface area contributed by atoms with Crippen LogP contribution < -0.4 is 4.74 Å². The molecule has 3 aromatic rings. The van der Waals surface area contributed by atoms with Gasteiger partial charge in [0.1, 0.15) is 12.7 Å². The Morgan fingerprint density at radius 2 is 1.88 bits per heavy atom. The molecule has 0 radical (unpaired) electrons. The maximum Gasteiger partial charge on any atom is 0.272 e. The zero-order valence-electron chi connectivity index (χ0n) is 17.8. The fourth-order valence-corrected chi connectivity index (χ4v) is 3.56. The number of nitrogens with zero attached hydrogens (tertiary/aromatic N) is 2. The average molecular weight is 459 g/mol. The first kappa shape index (κ1) is 23.7. The number of halogens is 2. The topological polar surface area (TPSA) is 75.8 Å². The van der Waals surface area contributed by atoms with Crippen molar-refractivity contribution < 1.29 is 19.2 Å². The summed E-state index contributed by atoms with van der Waals surface area (Å²) >= 11 is 6.12. The monoisotopic (exact) mass is 458 g/mol. The Kier molecular flexibility index (Phi) is 7.80. The van der Waals surface area contributed by atoms with Gasteiger partial charge in [-0.25, -0.2) is 4.39 Å². The van der Waals surface area contributed by atoms with E-state index in [1.165, 1.54) is 6.07 Å². The van der Waals surface area contributed by atoms with Gasteiger partial charge in [0.25, 0.3) is 5.69 Å². The second-order valence-electron chi connectivity index (χ2n) is 7.69. The van der Waals surface area contributed by atoms with Crippen molar-refractivity contribution in [2.45, 2.75) is 19.6 Å². The number of hydrogen-bond donors (Lipinski definition) is 1. The molecule has 6 nitrogen and oxygen atoms in total. The Labute approximate surface area is 191 Å². The van der Waals surface area contributed by atoms with Gasteiger partial charge in [0.05, 0.1) is 11.0 Å². The molecule has 0 spiro atoms. The number of nitro benzene ring substituents is 1. The molecule has 0 aromatic heterocycles. The van der Waals surface area contributed by atoms with Gasteiger partial charge in [-0.3, -0.25) is 15.0 Å². The molecule has 3 rings (SSSR count). The average Bonchev–Trinajstić information content (AvgIpc) is 2.75. The van der Waals surface area contributed by atoms with Crippen LogP contribution in [0.3, 0.4) is 0 Å². The first-order valence-electron chi connectivity index (χ1n) is 10.0. The van der Waals surface area contributed by atoms with Gasteiger partial charge in [-0.2, -0.15) is 0 Å². The van der Waals surface area contributed by atoms with E-state index in [4.69, 9.17) is 16.3 Å². The van der Waals surface area contributed by atoms with Crippen LogP contribution in [0.4, 0.5) is 10.1 Å². The highest BCUT2D eigenvalue weighted by atomic mass is 35.5. The van der Waals surface area contributed by atoms with Crippen molar-refractivity contribution in [3.05, 3.63) is 92.7 Å². The van der Waals surface area contributed by atoms with Crippen LogP contribution in [0.15, 0.2) is 60.7 Å². The van der Waals surface area contributed by atoms with Crippen molar-refractivity contribution in [2.75, 3.05) is 20.2 Å². The van der Waals surface area contributed by atoms with Crippen LogP contribution in [-0.2, 0) is 6.54 Å². The lowest BCUT2D eigenvalue weighted by atomic mass is 9.99. The van der Waals surface area contributed by atoms with Crippen LogP contribution in [0.2, 0.25) is 5.02 Å². The van der Waals surface area contributed by atoms with Gasteiger partial charge in [-0.1, -0.05) is 41.9 Å². The third-order valence-electron chi connectivity index (χ3n) is 5.00. The van der Waals surface area contributed by atoms with Gasteiger partial charge in [-0.15, -0.1) is 0 Å². The van der Waals surface area contributed by atoms with Crippen molar-refractivity contribution >= 4 is 17.3 Å². The predicted molar refractivity (Wildman–Crippen MR) is 123 cm³/mol. The first-order valence-corrected chi connectivity index (χ1v) is 10.4. The van der Waals surface area contributed by atoms with E-state index in [1.54, 1.807) is 0 Å². The molecule has 0 saturated carbocycles. The third-order valence-corrected chi connectivity index (χ3v) is 5.23. The zero-order chi connectivity index (χ0) is 23.3. The minimum atomic E-state index is -0.858. The molecule has 1 N–H and O–H groups in total. The molecule has 32 heavy (non-hydrogen) atoms. The summed E-state index contributed by atoms with van der Waals surface area (Å²) in [7, 11) is 1.87. The molecule has 3 aromatic carbocycles. The van der Waals surface area contributed by atoms with Crippen molar-refractivity contribution in [1.82, 2.24) is 4.90 Å². The maximum absolute atomic E-state index is 13.9. The van der Waals surface area contributed by atoms with E-state index in [0.29, 0.717) is 18.1 Å². The minimum absolute atomic E-state index is 0.133. The summed E-state index contributed by atoms with van der Waals surface area (Å²) in [4.78, 5) is 11.9. The molecule has 168 valence electrons. The van der Waals surface area contributed by atoms with E-state index in [9.17, 15) is 19.6 Å². The second kappa shape index (κ2) is 10.5. The molecule has 8 heteroatoms. The normalized spacial score (nSPS) is 12.1. The summed E-state index contributed by atoms with van der Waals surface area (Å²) < 4.78 is 19.2. The molecular formula is C24H24ClFN2O4. The third kappa shape index (κ3) is 6.26. The number of ether oxygens (including phenoxy) is 1. The van der Waals surface area contributed by atoms with Crippen LogP contribution in [0.25, 0.3) is 11.1 Å². The first-order chi connectivity index (χ1) is 15.2. The molecule has 0 aliphatic rings. The molecule has 0 aliphatic heterocycles. The van der Waals surface area contributed by atoms with Crippen LogP contribution in [0, 0.1) is 22.9 Å². The lowest BCUT2D eigenvalue weighted by Gasteiger charge is -2.21. The molecule has 0 heterocycles. The molecule has 0 amide bonds. The fraction of sp³-hybridized carbons (Fsp3) is 0.250. The summed E-state index contributed by atoms with van der Waals surface area (Å²) in [5, 5.41) is 21.6. The number of nitro groups is 1. The van der Waals surface area contributed by atoms with Crippen molar-refractivity contribution in [3.8, 4) is 16.9 Å². The van der Waals surface area contributed by atoms with E-state index >= 15 is 0 Å². The maximum atomic E-state index is 13.9. The number of aliphatic hydroxyl groups is 1. The molecular weight excluding hydrogens is 435 g/mol. The quantitative estimate of drug-likeness (QED) is 0.351. The number of rotatable bonds is 9. The standard InChI is InChI=1S/C24H24ClFN2O4/c1-16-3-8-19(25)11-22(16)18-6-4-17(5-7-18)13-27(2)14-21(29)15-32-24-10-9-20(28(30)31)12-23(24)26/h3-12,21,29H,13-15H2,1-2H3.